The summed E-state index contributed by atoms with van der Waals surface area (Å²) in [5.41, 5.74) is -0.0223. The summed E-state index contributed by atoms with van der Waals surface area (Å²) in [6, 6.07) is 4.49. The molecule has 1 aromatic rings. The van der Waals surface area contributed by atoms with E-state index in [-0.39, 0.29) is 11.7 Å². The molecule has 0 fully saturated rings. The van der Waals surface area contributed by atoms with Crippen LogP contribution < -0.4 is 0 Å². The van der Waals surface area contributed by atoms with Gasteiger partial charge in [-0.3, -0.25) is 4.79 Å². The Morgan fingerprint density at radius 2 is 2.11 bits per heavy atom. The van der Waals surface area contributed by atoms with Gasteiger partial charge in [0.1, 0.15) is 11.4 Å². The Bertz CT molecular complexity index is 452. The summed E-state index contributed by atoms with van der Waals surface area (Å²) in [7, 11) is 0. The van der Waals surface area contributed by atoms with Crippen LogP contribution in [0.5, 0.6) is 0 Å². The van der Waals surface area contributed by atoms with Crippen molar-refractivity contribution in [3.8, 4) is 0 Å². The van der Waals surface area contributed by atoms with Gasteiger partial charge in [0.2, 0.25) is 0 Å². The van der Waals surface area contributed by atoms with E-state index in [1.807, 2.05) is 0 Å². The zero-order valence-electron chi connectivity index (χ0n) is 11.6. The van der Waals surface area contributed by atoms with Gasteiger partial charge in [-0.25, -0.2) is 4.39 Å². The Balaban J connectivity index is 2.61. The van der Waals surface area contributed by atoms with Crippen LogP contribution in [-0.2, 0) is 9.53 Å². The van der Waals surface area contributed by atoms with Gasteiger partial charge >= 0.3 is 5.97 Å². The molecule has 0 aliphatic heterocycles. The van der Waals surface area contributed by atoms with E-state index in [0.29, 0.717) is 10.5 Å². The van der Waals surface area contributed by atoms with Crippen LogP contribution in [0.25, 0.3) is 0 Å². The van der Waals surface area contributed by atoms with Crippen molar-refractivity contribution in [3.05, 3.63) is 29.6 Å². The lowest BCUT2D eigenvalue weighted by Gasteiger charge is -2.19. The number of benzene rings is 1. The smallest absolute Gasteiger partial charge is 0.316 e. The number of aliphatic hydroxyl groups excluding tert-OH is 1. The average molecular weight is 286 g/mol. The van der Waals surface area contributed by atoms with Crippen LogP contribution >= 0.6 is 11.8 Å². The number of ether oxygens (including phenoxy) is 1. The topological polar surface area (TPSA) is 46.5 Å². The molecular weight excluding hydrogens is 267 g/mol. The first-order chi connectivity index (χ1) is 8.69. The fourth-order valence-electron chi connectivity index (χ4n) is 1.40. The maximum absolute atomic E-state index is 13.7. The fraction of sp³-hybridized carbons (Fsp3) is 0.500. The summed E-state index contributed by atoms with van der Waals surface area (Å²) in [5, 5.41) is 9.34. The van der Waals surface area contributed by atoms with E-state index >= 15 is 0 Å². The minimum Gasteiger partial charge on any atom is -0.459 e. The molecule has 3 nitrogen and oxygen atoms in total. The van der Waals surface area contributed by atoms with E-state index in [9.17, 15) is 14.3 Å². The number of halogens is 1. The molecular formula is C14H19FO3S. The molecule has 0 aromatic heterocycles. The zero-order valence-corrected chi connectivity index (χ0v) is 12.4. The summed E-state index contributed by atoms with van der Waals surface area (Å²) in [4.78, 5) is 11.9. The molecule has 1 N–H and O–H groups in total. The summed E-state index contributed by atoms with van der Waals surface area (Å²) >= 11 is 1.09. The lowest BCUT2D eigenvalue weighted by Crippen LogP contribution is -2.24. The van der Waals surface area contributed by atoms with Crippen molar-refractivity contribution in [1.29, 1.82) is 0 Å². The fourth-order valence-corrected chi connectivity index (χ4v) is 2.10. The van der Waals surface area contributed by atoms with Crippen LogP contribution in [0.3, 0.4) is 0 Å². The number of thioether (sulfide) groups is 1. The molecule has 0 amide bonds. The molecule has 0 spiro atoms. The summed E-state index contributed by atoms with van der Waals surface area (Å²) in [5.74, 6) is -0.758. The normalized spacial score (nSPS) is 13.2. The largest absolute Gasteiger partial charge is 0.459 e. The van der Waals surface area contributed by atoms with Crippen molar-refractivity contribution in [2.45, 2.75) is 44.3 Å². The Hall–Kier alpha value is -1.07. The third-order valence-corrected chi connectivity index (χ3v) is 3.23. The monoisotopic (exact) mass is 286 g/mol. The molecule has 1 unspecified atom stereocenters. The van der Waals surface area contributed by atoms with Gasteiger partial charge in [-0.15, -0.1) is 11.8 Å². The van der Waals surface area contributed by atoms with Crippen LogP contribution in [0.15, 0.2) is 23.1 Å². The predicted octanol–water partition coefficient (Wildman–Crippen LogP) is 3.31. The second kappa shape index (κ2) is 6.39. The van der Waals surface area contributed by atoms with E-state index in [0.717, 1.165) is 11.8 Å². The minimum absolute atomic E-state index is 0.0578. The lowest BCUT2D eigenvalue weighted by molar-refractivity contribution is -0.151. The van der Waals surface area contributed by atoms with Gasteiger partial charge in [-0.1, -0.05) is 6.07 Å². The standard InChI is InChI=1S/C14H19FO3S/c1-9(16)10-5-6-12(11(15)7-10)19-8-13(17)18-14(2,3)4/h5-7,9,16H,8H2,1-4H3. The third kappa shape index (κ3) is 5.61. The second-order valence-corrected chi connectivity index (χ2v) is 6.26. The maximum atomic E-state index is 13.7. The highest BCUT2D eigenvalue weighted by atomic mass is 32.2. The number of aliphatic hydroxyl groups is 1. The van der Waals surface area contributed by atoms with Crippen molar-refractivity contribution in [2.24, 2.45) is 0 Å². The summed E-state index contributed by atoms with van der Waals surface area (Å²) in [6.45, 7) is 6.93. The molecule has 106 valence electrons. The van der Waals surface area contributed by atoms with Gasteiger partial charge in [-0.05, 0) is 45.4 Å². The molecule has 1 aromatic carbocycles. The number of hydrogen-bond acceptors (Lipinski definition) is 4. The molecule has 5 heteroatoms. The van der Waals surface area contributed by atoms with Crippen molar-refractivity contribution >= 4 is 17.7 Å². The first kappa shape index (κ1) is 16.0. The Morgan fingerprint density at radius 3 is 2.58 bits per heavy atom. The van der Waals surface area contributed by atoms with E-state index in [1.54, 1.807) is 39.8 Å². The molecule has 0 aliphatic rings. The van der Waals surface area contributed by atoms with Crippen LogP contribution in [0.4, 0.5) is 4.39 Å². The van der Waals surface area contributed by atoms with Crippen LogP contribution in [-0.4, -0.2) is 22.4 Å². The average Bonchev–Trinajstić information content (AvgIpc) is 2.24. The molecule has 0 saturated carbocycles. The van der Waals surface area contributed by atoms with Crippen LogP contribution in [0, 0.1) is 5.82 Å². The maximum Gasteiger partial charge on any atom is 0.316 e. The molecule has 0 aliphatic carbocycles. The SMILES string of the molecule is CC(O)c1ccc(SCC(=O)OC(C)(C)C)c(F)c1. The predicted molar refractivity (Wildman–Crippen MR) is 73.6 cm³/mol. The highest BCUT2D eigenvalue weighted by Gasteiger charge is 2.17. The summed E-state index contributed by atoms with van der Waals surface area (Å²) < 4.78 is 18.9. The molecule has 0 saturated heterocycles. The molecule has 1 atom stereocenters. The minimum atomic E-state index is -0.709. The number of carbonyl (C=O) groups is 1. The van der Waals surface area contributed by atoms with E-state index in [4.69, 9.17) is 4.74 Å². The van der Waals surface area contributed by atoms with Gasteiger partial charge in [0, 0.05) is 4.90 Å². The van der Waals surface area contributed by atoms with Gasteiger partial charge in [0.15, 0.2) is 0 Å². The zero-order chi connectivity index (χ0) is 14.6. The van der Waals surface area contributed by atoms with Crippen molar-refractivity contribution in [3.63, 3.8) is 0 Å². The quantitative estimate of drug-likeness (QED) is 0.681. The highest BCUT2D eigenvalue weighted by molar-refractivity contribution is 8.00. The number of hydrogen-bond donors (Lipinski definition) is 1. The highest BCUT2D eigenvalue weighted by Crippen LogP contribution is 2.25. The van der Waals surface area contributed by atoms with Gasteiger partial charge in [-0.2, -0.15) is 0 Å². The van der Waals surface area contributed by atoms with Gasteiger partial charge in [0.05, 0.1) is 11.9 Å². The first-order valence-electron chi connectivity index (χ1n) is 6.01. The van der Waals surface area contributed by atoms with E-state index in [2.05, 4.69) is 0 Å². The Labute approximate surface area is 117 Å². The van der Waals surface area contributed by atoms with E-state index < -0.39 is 17.5 Å². The van der Waals surface area contributed by atoms with Gasteiger partial charge < -0.3 is 9.84 Å². The van der Waals surface area contributed by atoms with E-state index in [1.165, 1.54) is 6.07 Å². The number of carbonyl (C=O) groups excluding carboxylic acids is 1. The first-order valence-corrected chi connectivity index (χ1v) is 7.00. The van der Waals surface area contributed by atoms with Crippen LogP contribution in [0.2, 0.25) is 0 Å². The lowest BCUT2D eigenvalue weighted by atomic mass is 10.1. The Kier molecular flexibility index (Phi) is 5.38. The van der Waals surface area contributed by atoms with Crippen molar-refractivity contribution in [2.75, 3.05) is 5.75 Å². The molecule has 0 heterocycles. The molecule has 0 bridgehead atoms. The number of rotatable bonds is 4. The number of esters is 1. The molecule has 0 radical (unpaired) electrons. The van der Waals surface area contributed by atoms with Crippen LogP contribution in [0.1, 0.15) is 39.4 Å². The Morgan fingerprint density at radius 1 is 1.47 bits per heavy atom. The molecule has 1 rings (SSSR count). The molecule has 19 heavy (non-hydrogen) atoms. The third-order valence-electron chi connectivity index (χ3n) is 2.20. The van der Waals surface area contributed by atoms with Crippen molar-refractivity contribution < 1.29 is 19.0 Å². The second-order valence-electron chi connectivity index (χ2n) is 5.24. The van der Waals surface area contributed by atoms with Gasteiger partial charge in [0.25, 0.3) is 0 Å². The van der Waals surface area contributed by atoms with Crippen molar-refractivity contribution in [1.82, 2.24) is 0 Å². The summed E-state index contributed by atoms with van der Waals surface area (Å²) in [6.07, 6.45) is -0.709.